The van der Waals surface area contributed by atoms with Crippen LogP contribution in [0.25, 0.3) is 0 Å². The predicted molar refractivity (Wildman–Crippen MR) is 77.7 cm³/mol. The first-order chi connectivity index (χ1) is 8.79. The minimum atomic E-state index is 0.694. The van der Waals surface area contributed by atoms with Gasteiger partial charge in [0.2, 0.25) is 0 Å². The highest BCUT2D eigenvalue weighted by Crippen LogP contribution is 2.29. The van der Waals surface area contributed by atoms with E-state index in [1.807, 2.05) is 18.2 Å². The highest BCUT2D eigenvalue weighted by atomic mass is 35.5. The molecule has 3 heteroatoms. The van der Waals surface area contributed by atoms with Gasteiger partial charge in [-0.25, -0.2) is 0 Å². The number of anilines is 1. The number of hydrogen-bond acceptors (Lipinski definition) is 2. The van der Waals surface area contributed by atoms with E-state index in [0.717, 1.165) is 30.3 Å². The van der Waals surface area contributed by atoms with Gasteiger partial charge in [-0.3, -0.25) is 0 Å². The van der Waals surface area contributed by atoms with Crippen molar-refractivity contribution in [1.29, 1.82) is 0 Å². The maximum Gasteiger partial charge on any atom is 0.138 e. The van der Waals surface area contributed by atoms with Gasteiger partial charge in [-0.2, -0.15) is 0 Å². The molecule has 0 saturated heterocycles. The van der Waals surface area contributed by atoms with Gasteiger partial charge in [0, 0.05) is 12.2 Å². The normalized spacial score (nSPS) is 15.9. The smallest absolute Gasteiger partial charge is 0.138 e. The van der Waals surface area contributed by atoms with Gasteiger partial charge >= 0.3 is 0 Å². The Morgan fingerprint density at radius 1 is 1.33 bits per heavy atom. The first kappa shape index (κ1) is 13.5. The highest BCUT2D eigenvalue weighted by molar-refractivity contribution is 6.32. The van der Waals surface area contributed by atoms with Crippen molar-refractivity contribution in [3.63, 3.8) is 0 Å². The molecule has 1 aromatic rings. The second kappa shape index (κ2) is 6.89. The molecule has 0 amide bonds. The quantitative estimate of drug-likeness (QED) is 0.804. The summed E-state index contributed by atoms with van der Waals surface area (Å²) in [5, 5.41) is 4.17. The fourth-order valence-electron chi connectivity index (χ4n) is 2.42. The van der Waals surface area contributed by atoms with E-state index in [1.54, 1.807) is 0 Å². The summed E-state index contributed by atoms with van der Waals surface area (Å²) in [6.07, 6.45) is 6.49. The summed E-state index contributed by atoms with van der Waals surface area (Å²) in [4.78, 5) is 0. The van der Waals surface area contributed by atoms with Gasteiger partial charge in [0.1, 0.15) is 5.75 Å². The summed E-state index contributed by atoms with van der Waals surface area (Å²) >= 11 is 6.20. The lowest BCUT2D eigenvalue weighted by Crippen LogP contribution is -2.10. The van der Waals surface area contributed by atoms with Crippen molar-refractivity contribution in [2.45, 2.75) is 39.0 Å². The Morgan fingerprint density at radius 3 is 2.78 bits per heavy atom. The fraction of sp³-hybridized carbons (Fsp3) is 0.600. The van der Waals surface area contributed by atoms with Gasteiger partial charge in [-0.1, -0.05) is 31.4 Å². The number of halogens is 1. The number of hydrogen-bond donors (Lipinski definition) is 1. The number of ether oxygens (including phenoxy) is 1. The Morgan fingerprint density at radius 2 is 2.11 bits per heavy atom. The number of rotatable bonds is 6. The van der Waals surface area contributed by atoms with Crippen LogP contribution in [0.2, 0.25) is 5.02 Å². The molecule has 0 atom stereocenters. The van der Waals surface area contributed by atoms with Crippen molar-refractivity contribution in [3.8, 4) is 5.75 Å². The summed E-state index contributed by atoms with van der Waals surface area (Å²) in [6.45, 7) is 3.87. The Hall–Kier alpha value is -0.890. The molecule has 0 bridgehead atoms. The maximum atomic E-state index is 6.20. The van der Waals surface area contributed by atoms with Gasteiger partial charge < -0.3 is 10.1 Å². The van der Waals surface area contributed by atoms with Crippen LogP contribution in [0.4, 0.5) is 5.69 Å². The molecule has 2 rings (SSSR count). The Balaban J connectivity index is 1.87. The Kier molecular flexibility index (Phi) is 5.18. The van der Waals surface area contributed by atoms with Crippen LogP contribution in [0.1, 0.15) is 39.0 Å². The third kappa shape index (κ3) is 3.81. The van der Waals surface area contributed by atoms with Crippen LogP contribution >= 0.6 is 11.6 Å². The maximum absolute atomic E-state index is 6.20. The first-order valence-electron chi connectivity index (χ1n) is 6.96. The zero-order chi connectivity index (χ0) is 12.8. The number of benzene rings is 1. The summed E-state index contributed by atoms with van der Waals surface area (Å²) < 4.78 is 5.56. The molecule has 1 aromatic carbocycles. The molecule has 0 aliphatic heterocycles. The minimum Gasteiger partial charge on any atom is -0.492 e. The molecule has 1 aliphatic rings. The van der Waals surface area contributed by atoms with Crippen LogP contribution < -0.4 is 10.1 Å². The molecule has 0 heterocycles. The lowest BCUT2D eigenvalue weighted by Gasteiger charge is -2.13. The summed E-state index contributed by atoms with van der Waals surface area (Å²) in [5.41, 5.74) is 1.09. The predicted octanol–water partition coefficient (Wildman–Crippen LogP) is 4.73. The number of nitrogens with one attached hydrogen (secondary N) is 1. The van der Waals surface area contributed by atoms with Gasteiger partial charge in [-0.05, 0) is 43.4 Å². The third-order valence-electron chi connectivity index (χ3n) is 3.46. The van der Waals surface area contributed by atoms with E-state index in [4.69, 9.17) is 16.3 Å². The van der Waals surface area contributed by atoms with E-state index in [9.17, 15) is 0 Å². The van der Waals surface area contributed by atoms with E-state index in [2.05, 4.69) is 12.2 Å². The van der Waals surface area contributed by atoms with Gasteiger partial charge in [0.05, 0.1) is 11.6 Å². The minimum absolute atomic E-state index is 0.694. The molecule has 0 unspecified atom stereocenters. The van der Waals surface area contributed by atoms with Crippen LogP contribution in [0.5, 0.6) is 5.75 Å². The van der Waals surface area contributed by atoms with Crippen molar-refractivity contribution in [2.24, 2.45) is 5.92 Å². The fourth-order valence-corrected chi connectivity index (χ4v) is 2.65. The summed E-state index contributed by atoms with van der Waals surface area (Å²) in [7, 11) is 0. The SMILES string of the molecule is CCCOc1ccc(NCC2CCCC2)cc1Cl. The van der Waals surface area contributed by atoms with Crippen molar-refractivity contribution in [1.82, 2.24) is 0 Å². The van der Waals surface area contributed by atoms with Crippen molar-refractivity contribution >= 4 is 17.3 Å². The molecule has 100 valence electrons. The Bertz CT molecular complexity index is 375. The van der Waals surface area contributed by atoms with Crippen molar-refractivity contribution in [2.75, 3.05) is 18.5 Å². The van der Waals surface area contributed by atoms with Gasteiger partial charge in [-0.15, -0.1) is 0 Å². The largest absolute Gasteiger partial charge is 0.492 e. The van der Waals surface area contributed by atoms with Crippen LogP contribution in [0.3, 0.4) is 0 Å². The molecule has 0 radical (unpaired) electrons. The molecule has 0 spiro atoms. The molecule has 1 aliphatic carbocycles. The van der Waals surface area contributed by atoms with Crippen LogP contribution in [0, 0.1) is 5.92 Å². The molecule has 18 heavy (non-hydrogen) atoms. The van der Waals surface area contributed by atoms with Gasteiger partial charge in [0.25, 0.3) is 0 Å². The van der Waals surface area contributed by atoms with Crippen LogP contribution in [-0.2, 0) is 0 Å². The van der Waals surface area contributed by atoms with Crippen LogP contribution in [-0.4, -0.2) is 13.2 Å². The monoisotopic (exact) mass is 267 g/mol. The van der Waals surface area contributed by atoms with E-state index in [-0.39, 0.29) is 0 Å². The van der Waals surface area contributed by atoms with Crippen molar-refractivity contribution in [3.05, 3.63) is 23.2 Å². The average Bonchev–Trinajstić information content (AvgIpc) is 2.88. The van der Waals surface area contributed by atoms with E-state index in [0.29, 0.717) is 11.6 Å². The molecule has 2 nitrogen and oxygen atoms in total. The molecule has 1 N–H and O–H groups in total. The van der Waals surface area contributed by atoms with E-state index < -0.39 is 0 Å². The molecule has 0 aromatic heterocycles. The first-order valence-corrected chi connectivity index (χ1v) is 7.33. The van der Waals surface area contributed by atoms with Crippen LogP contribution in [0.15, 0.2) is 18.2 Å². The molecular weight excluding hydrogens is 246 g/mol. The Labute approximate surface area is 115 Å². The third-order valence-corrected chi connectivity index (χ3v) is 3.76. The average molecular weight is 268 g/mol. The highest BCUT2D eigenvalue weighted by Gasteiger charge is 2.14. The second-order valence-electron chi connectivity index (χ2n) is 5.03. The lowest BCUT2D eigenvalue weighted by atomic mass is 10.1. The zero-order valence-corrected chi connectivity index (χ0v) is 11.8. The summed E-state index contributed by atoms with van der Waals surface area (Å²) in [6, 6.07) is 5.96. The summed E-state index contributed by atoms with van der Waals surface area (Å²) in [5.74, 6) is 1.62. The molecular formula is C15H22ClNO. The standard InChI is InChI=1S/C15H22ClNO/c1-2-9-18-15-8-7-13(10-14(15)16)17-11-12-5-3-4-6-12/h7-8,10,12,17H,2-6,9,11H2,1H3. The molecule has 1 fully saturated rings. The van der Waals surface area contributed by atoms with E-state index in [1.165, 1.54) is 25.7 Å². The van der Waals surface area contributed by atoms with E-state index >= 15 is 0 Å². The topological polar surface area (TPSA) is 21.3 Å². The lowest BCUT2D eigenvalue weighted by molar-refractivity contribution is 0.317. The zero-order valence-electron chi connectivity index (χ0n) is 11.0. The second-order valence-corrected chi connectivity index (χ2v) is 5.43. The van der Waals surface area contributed by atoms with Crippen molar-refractivity contribution < 1.29 is 4.74 Å². The molecule has 1 saturated carbocycles. The van der Waals surface area contributed by atoms with Gasteiger partial charge in [0.15, 0.2) is 0 Å².